The fraction of sp³-hybridized carbons (Fsp3) is 0.900. The number of hydrogen-bond acceptors (Lipinski definition) is 0. The molecule has 6 atom stereocenters. The largest absolute Gasteiger partial charge is 0.0816 e. The quantitative estimate of drug-likeness (QED) is 0.476. The fourth-order valence-electron chi connectivity index (χ4n) is 7.04. The Hall–Kier alpha value is -0.260. The van der Waals surface area contributed by atoms with Gasteiger partial charge in [0, 0.05) is 0 Å². The predicted octanol–water partition coefficient (Wildman–Crippen LogP) is 5.98. The Morgan fingerprint density at radius 3 is 2.65 bits per heavy atom. The van der Waals surface area contributed by atoms with E-state index in [1.165, 1.54) is 57.8 Å². The summed E-state index contributed by atoms with van der Waals surface area (Å²) in [4.78, 5) is 0. The molecule has 3 fully saturated rings. The van der Waals surface area contributed by atoms with Gasteiger partial charge in [0.05, 0.1) is 0 Å². The Balaban J connectivity index is 1.75. The van der Waals surface area contributed by atoms with Gasteiger partial charge in [0.15, 0.2) is 0 Å². The normalized spacial score (nSPS) is 54.6. The van der Waals surface area contributed by atoms with Crippen molar-refractivity contribution in [2.45, 2.75) is 78.6 Å². The van der Waals surface area contributed by atoms with E-state index in [0.717, 1.165) is 23.7 Å². The van der Waals surface area contributed by atoms with E-state index in [4.69, 9.17) is 0 Å². The average molecular weight is 272 g/mol. The van der Waals surface area contributed by atoms with Gasteiger partial charge in [-0.15, -0.1) is 0 Å². The van der Waals surface area contributed by atoms with Gasteiger partial charge >= 0.3 is 0 Å². The monoisotopic (exact) mass is 272 g/mol. The van der Waals surface area contributed by atoms with Gasteiger partial charge in [-0.25, -0.2) is 0 Å². The van der Waals surface area contributed by atoms with Crippen LogP contribution in [0.2, 0.25) is 0 Å². The van der Waals surface area contributed by atoms with Gasteiger partial charge in [0.2, 0.25) is 0 Å². The molecule has 0 saturated heterocycles. The predicted molar refractivity (Wildman–Crippen MR) is 85.5 cm³/mol. The van der Waals surface area contributed by atoms with Crippen LogP contribution in [0.15, 0.2) is 11.6 Å². The van der Waals surface area contributed by atoms with Crippen LogP contribution in [-0.2, 0) is 0 Å². The van der Waals surface area contributed by atoms with E-state index in [2.05, 4.69) is 26.8 Å². The maximum atomic E-state index is 2.74. The molecule has 0 heteroatoms. The van der Waals surface area contributed by atoms with E-state index in [-0.39, 0.29) is 0 Å². The first-order valence-corrected chi connectivity index (χ1v) is 9.26. The summed E-state index contributed by atoms with van der Waals surface area (Å²) in [6, 6.07) is 0. The first kappa shape index (κ1) is 13.4. The molecular weight excluding hydrogens is 240 g/mol. The summed E-state index contributed by atoms with van der Waals surface area (Å²) in [6.45, 7) is 7.80. The summed E-state index contributed by atoms with van der Waals surface area (Å²) in [5.41, 5.74) is 3.14. The summed E-state index contributed by atoms with van der Waals surface area (Å²) in [6.07, 6.45) is 16.2. The minimum absolute atomic E-state index is 0.583. The Bertz CT molecular complexity index is 433. The lowest BCUT2D eigenvalue weighted by molar-refractivity contribution is -0.0448. The molecule has 112 valence electrons. The van der Waals surface area contributed by atoms with E-state index < -0.39 is 0 Å². The van der Waals surface area contributed by atoms with Crippen molar-refractivity contribution < 1.29 is 0 Å². The van der Waals surface area contributed by atoms with Gasteiger partial charge in [-0.2, -0.15) is 0 Å². The summed E-state index contributed by atoms with van der Waals surface area (Å²) >= 11 is 0. The highest BCUT2D eigenvalue weighted by atomic mass is 14.6. The topological polar surface area (TPSA) is 0 Å². The highest BCUT2D eigenvalue weighted by Gasteiger charge is 2.56. The van der Waals surface area contributed by atoms with Crippen molar-refractivity contribution in [1.82, 2.24) is 0 Å². The van der Waals surface area contributed by atoms with Crippen LogP contribution in [0.25, 0.3) is 0 Å². The summed E-state index contributed by atoms with van der Waals surface area (Å²) in [7, 11) is 0. The molecule has 0 aromatic carbocycles. The molecule has 0 spiro atoms. The number of allylic oxidation sites excluding steroid dienone is 2. The van der Waals surface area contributed by atoms with Crippen molar-refractivity contribution >= 4 is 0 Å². The van der Waals surface area contributed by atoms with Crippen LogP contribution in [0.5, 0.6) is 0 Å². The summed E-state index contributed by atoms with van der Waals surface area (Å²) in [5, 5.41) is 0. The summed E-state index contributed by atoms with van der Waals surface area (Å²) in [5.74, 6) is 3.90. The first-order valence-electron chi connectivity index (χ1n) is 9.26. The molecule has 20 heavy (non-hydrogen) atoms. The molecule has 0 bridgehead atoms. The highest BCUT2D eigenvalue weighted by molar-refractivity contribution is 5.25. The molecule has 4 rings (SSSR count). The average Bonchev–Trinajstić information content (AvgIpc) is 2.81. The van der Waals surface area contributed by atoms with Crippen molar-refractivity contribution in [1.29, 1.82) is 0 Å². The zero-order valence-electron chi connectivity index (χ0n) is 13.8. The molecule has 0 aliphatic heterocycles. The van der Waals surface area contributed by atoms with Crippen LogP contribution in [0.4, 0.5) is 0 Å². The molecule has 0 N–H and O–H groups in total. The third-order valence-corrected chi connectivity index (χ3v) is 8.13. The van der Waals surface area contributed by atoms with Crippen LogP contribution in [-0.4, -0.2) is 0 Å². The second-order valence-electron chi connectivity index (χ2n) is 9.05. The van der Waals surface area contributed by atoms with E-state index in [1.807, 2.05) is 5.57 Å². The highest BCUT2D eigenvalue weighted by Crippen LogP contribution is 2.65. The Morgan fingerprint density at radius 2 is 1.80 bits per heavy atom. The minimum atomic E-state index is 0.583. The Morgan fingerprint density at radius 1 is 0.950 bits per heavy atom. The zero-order chi connectivity index (χ0) is 14.0. The van der Waals surface area contributed by atoms with Crippen LogP contribution in [0.1, 0.15) is 78.6 Å². The lowest BCUT2D eigenvalue weighted by Crippen LogP contribution is -2.50. The Labute approximate surface area is 125 Å². The second kappa shape index (κ2) is 4.37. The zero-order valence-corrected chi connectivity index (χ0v) is 13.8. The first-order chi connectivity index (χ1) is 9.55. The van der Waals surface area contributed by atoms with Gasteiger partial charge in [0.25, 0.3) is 0 Å². The van der Waals surface area contributed by atoms with Crippen LogP contribution < -0.4 is 0 Å². The third-order valence-electron chi connectivity index (χ3n) is 8.13. The fourth-order valence-corrected chi connectivity index (χ4v) is 7.04. The van der Waals surface area contributed by atoms with E-state index in [1.54, 1.807) is 0 Å². The number of fused-ring (bicyclic) bond motifs is 5. The maximum Gasteiger partial charge on any atom is -0.00851 e. The van der Waals surface area contributed by atoms with Crippen LogP contribution in [0, 0.1) is 34.5 Å². The van der Waals surface area contributed by atoms with E-state index in [9.17, 15) is 0 Å². The standard InChI is InChI=1S/C20H32/c1-14-13-15-7-4-5-11-20(15,3)17-9-12-19(2)10-6-8-16(19)18(14)17/h13-14,16-18H,4-12H2,1-3H3/t14-,16+,17+,18+,19+,20+/m1/s1. The van der Waals surface area contributed by atoms with Crippen molar-refractivity contribution in [3.63, 3.8) is 0 Å². The van der Waals surface area contributed by atoms with Crippen LogP contribution in [0.3, 0.4) is 0 Å². The van der Waals surface area contributed by atoms with Gasteiger partial charge in [-0.1, -0.05) is 45.3 Å². The summed E-state index contributed by atoms with van der Waals surface area (Å²) < 4.78 is 0. The third kappa shape index (κ3) is 1.66. The molecular formula is C20H32. The smallest absolute Gasteiger partial charge is 0.00851 e. The van der Waals surface area contributed by atoms with E-state index >= 15 is 0 Å². The molecule has 0 unspecified atom stereocenters. The SMILES string of the molecule is C[C@@H]1C=C2CCCC[C@]2(C)[C@H]2CC[C@]3(C)CCC[C@H]3[C@H]12. The maximum absolute atomic E-state index is 2.74. The van der Waals surface area contributed by atoms with Crippen molar-refractivity contribution in [3.8, 4) is 0 Å². The van der Waals surface area contributed by atoms with E-state index in [0.29, 0.717) is 10.8 Å². The number of rotatable bonds is 0. The lowest BCUT2D eigenvalue weighted by Gasteiger charge is -2.58. The molecule has 4 aliphatic rings. The molecule has 4 aliphatic carbocycles. The van der Waals surface area contributed by atoms with Crippen molar-refractivity contribution in [2.24, 2.45) is 34.5 Å². The van der Waals surface area contributed by atoms with Gasteiger partial charge in [0.1, 0.15) is 0 Å². The van der Waals surface area contributed by atoms with Crippen molar-refractivity contribution in [2.75, 3.05) is 0 Å². The van der Waals surface area contributed by atoms with Crippen molar-refractivity contribution in [3.05, 3.63) is 11.6 Å². The number of hydrogen-bond donors (Lipinski definition) is 0. The lowest BCUT2D eigenvalue weighted by atomic mass is 9.46. The van der Waals surface area contributed by atoms with Gasteiger partial charge in [-0.3, -0.25) is 0 Å². The molecule has 0 radical (unpaired) electrons. The van der Waals surface area contributed by atoms with Crippen LogP contribution >= 0.6 is 0 Å². The molecule has 0 amide bonds. The van der Waals surface area contributed by atoms with Gasteiger partial charge < -0.3 is 0 Å². The molecule has 0 nitrogen and oxygen atoms in total. The molecule has 0 heterocycles. The second-order valence-corrected chi connectivity index (χ2v) is 9.05. The minimum Gasteiger partial charge on any atom is -0.0816 e. The molecule has 3 saturated carbocycles. The molecule has 0 aromatic rings. The molecule has 0 aromatic heterocycles. The Kier molecular flexibility index (Phi) is 2.93. The van der Waals surface area contributed by atoms with Gasteiger partial charge in [-0.05, 0) is 79.4 Å².